The number of hydrogen-bond donors (Lipinski definition) is 2. The first-order valence-electron chi connectivity index (χ1n) is 7.59. The topological polar surface area (TPSA) is 85.9 Å². The van der Waals surface area contributed by atoms with E-state index >= 15 is 0 Å². The fraction of sp³-hybridized carbons (Fsp3) is 0.500. The fourth-order valence-corrected chi connectivity index (χ4v) is 3.32. The van der Waals surface area contributed by atoms with Crippen LogP contribution < -0.4 is 11.1 Å². The number of benzene rings is 1. The van der Waals surface area contributed by atoms with Gasteiger partial charge in [-0.25, -0.2) is 4.39 Å². The Balaban J connectivity index is 2.08. The zero-order valence-corrected chi connectivity index (χ0v) is 14.6. The number of aliphatic imine (C=N–C) groups is 1. The summed E-state index contributed by atoms with van der Waals surface area (Å²) in [4.78, 5) is 16.3. The van der Waals surface area contributed by atoms with Gasteiger partial charge in [0.25, 0.3) is 0 Å². The molecule has 2 rings (SSSR count). The number of thioether (sulfide) groups is 1. The molecular formula is C16H22FN3O3S. The van der Waals surface area contributed by atoms with Gasteiger partial charge in [-0.3, -0.25) is 9.79 Å². The molecule has 1 atom stereocenters. The van der Waals surface area contributed by atoms with E-state index in [1.54, 1.807) is 19.2 Å². The van der Waals surface area contributed by atoms with Crippen LogP contribution in [0.4, 0.5) is 10.1 Å². The highest BCUT2D eigenvalue weighted by molar-refractivity contribution is 8.13. The Morgan fingerprint density at radius 2 is 2.29 bits per heavy atom. The first-order valence-corrected chi connectivity index (χ1v) is 8.58. The summed E-state index contributed by atoms with van der Waals surface area (Å²) in [7, 11) is 1.55. The molecule has 0 fully saturated rings. The Kier molecular flexibility index (Phi) is 6.59. The first kappa shape index (κ1) is 18.7. The number of rotatable bonds is 7. The molecule has 0 saturated heterocycles. The van der Waals surface area contributed by atoms with E-state index in [9.17, 15) is 9.18 Å². The van der Waals surface area contributed by atoms with Crippen LogP contribution in [0.2, 0.25) is 0 Å². The molecule has 1 aromatic rings. The molecule has 8 heteroatoms. The van der Waals surface area contributed by atoms with Gasteiger partial charge in [-0.2, -0.15) is 0 Å². The Morgan fingerprint density at radius 3 is 3.00 bits per heavy atom. The summed E-state index contributed by atoms with van der Waals surface area (Å²) >= 11 is 1.50. The molecular weight excluding hydrogens is 333 g/mol. The molecule has 1 amide bonds. The van der Waals surface area contributed by atoms with Crippen LogP contribution in [0.15, 0.2) is 23.2 Å². The summed E-state index contributed by atoms with van der Waals surface area (Å²) in [6.45, 7) is 2.49. The third-order valence-electron chi connectivity index (χ3n) is 3.72. The Bertz CT molecular complexity index is 627. The summed E-state index contributed by atoms with van der Waals surface area (Å²) in [6.07, 6.45) is 0.789. The summed E-state index contributed by atoms with van der Waals surface area (Å²) < 4.78 is 24.0. The minimum absolute atomic E-state index is 0.112. The molecule has 0 aromatic heterocycles. The standard InChI is InChI=1S/C16H22FN3O3S/c1-16(5-8-24-15(18)20-16)11-3-4-12(17)13(9-11)19-14(21)10-23-7-6-22-2/h3-4,9H,5-8,10H2,1-2H3,(H2,18,20)(H,19,21). The van der Waals surface area contributed by atoms with Crippen LogP contribution >= 0.6 is 11.8 Å². The molecule has 1 aromatic carbocycles. The summed E-state index contributed by atoms with van der Waals surface area (Å²) in [5, 5.41) is 3.05. The van der Waals surface area contributed by atoms with Crippen LogP contribution in [0, 0.1) is 5.82 Å². The van der Waals surface area contributed by atoms with Crippen LogP contribution in [0.25, 0.3) is 0 Å². The van der Waals surface area contributed by atoms with Crippen LogP contribution in [-0.4, -0.2) is 43.8 Å². The zero-order valence-electron chi connectivity index (χ0n) is 13.8. The molecule has 1 heterocycles. The smallest absolute Gasteiger partial charge is 0.250 e. The van der Waals surface area contributed by atoms with Gasteiger partial charge >= 0.3 is 0 Å². The lowest BCUT2D eigenvalue weighted by molar-refractivity contribution is -0.121. The second-order valence-electron chi connectivity index (χ2n) is 5.61. The minimum Gasteiger partial charge on any atom is -0.382 e. The van der Waals surface area contributed by atoms with Gasteiger partial charge in [0.15, 0.2) is 5.17 Å². The molecule has 0 spiro atoms. The van der Waals surface area contributed by atoms with Gasteiger partial charge in [0.2, 0.25) is 5.91 Å². The van der Waals surface area contributed by atoms with Gasteiger partial charge in [-0.05, 0) is 31.0 Å². The maximum absolute atomic E-state index is 14.0. The molecule has 3 N–H and O–H groups in total. The number of carbonyl (C=O) groups is 1. The number of nitrogens with one attached hydrogen (secondary N) is 1. The molecule has 0 radical (unpaired) electrons. The number of amides is 1. The Morgan fingerprint density at radius 1 is 1.50 bits per heavy atom. The predicted octanol–water partition coefficient (Wildman–Crippen LogP) is 2.09. The summed E-state index contributed by atoms with van der Waals surface area (Å²) in [6, 6.07) is 4.61. The fourth-order valence-electron chi connectivity index (χ4n) is 2.34. The second kappa shape index (κ2) is 8.46. The Hall–Kier alpha value is -1.64. The summed E-state index contributed by atoms with van der Waals surface area (Å²) in [5.74, 6) is -0.0811. The number of anilines is 1. The number of carbonyl (C=O) groups excluding carboxylic acids is 1. The Labute approximate surface area is 145 Å². The molecule has 1 unspecified atom stereocenters. The number of methoxy groups -OCH3 is 1. The van der Waals surface area contributed by atoms with Gasteiger partial charge in [0, 0.05) is 12.9 Å². The molecule has 0 bridgehead atoms. The lowest BCUT2D eigenvalue weighted by atomic mass is 9.89. The van der Waals surface area contributed by atoms with E-state index in [0.29, 0.717) is 18.4 Å². The number of nitrogens with two attached hydrogens (primary N) is 1. The third-order valence-corrected chi connectivity index (χ3v) is 4.52. The molecule has 1 aliphatic rings. The highest BCUT2D eigenvalue weighted by atomic mass is 32.2. The first-order chi connectivity index (χ1) is 11.4. The van der Waals surface area contributed by atoms with Crippen molar-refractivity contribution in [1.82, 2.24) is 0 Å². The van der Waals surface area contributed by atoms with E-state index in [0.717, 1.165) is 17.7 Å². The number of hydrogen-bond acceptors (Lipinski definition) is 6. The average molecular weight is 355 g/mol. The van der Waals surface area contributed by atoms with Crippen molar-refractivity contribution in [2.45, 2.75) is 18.9 Å². The number of halogens is 1. The van der Waals surface area contributed by atoms with Gasteiger partial charge in [-0.1, -0.05) is 17.8 Å². The van der Waals surface area contributed by atoms with Crippen LogP contribution in [-0.2, 0) is 19.8 Å². The molecule has 24 heavy (non-hydrogen) atoms. The highest BCUT2D eigenvalue weighted by Crippen LogP contribution is 2.36. The largest absolute Gasteiger partial charge is 0.382 e. The molecule has 6 nitrogen and oxygen atoms in total. The van der Waals surface area contributed by atoms with E-state index in [1.165, 1.54) is 17.8 Å². The van der Waals surface area contributed by atoms with E-state index in [-0.39, 0.29) is 12.3 Å². The molecule has 132 valence electrons. The predicted molar refractivity (Wildman–Crippen MR) is 93.8 cm³/mol. The van der Waals surface area contributed by atoms with Crippen LogP contribution in [0.1, 0.15) is 18.9 Å². The molecule has 0 aliphatic carbocycles. The monoisotopic (exact) mass is 355 g/mol. The average Bonchev–Trinajstić information content (AvgIpc) is 2.53. The normalized spacial score (nSPS) is 20.5. The van der Waals surface area contributed by atoms with Crippen molar-refractivity contribution >= 4 is 28.5 Å². The SMILES string of the molecule is COCCOCC(=O)Nc1cc(C2(C)CCSC(N)=N2)ccc1F. The van der Waals surface area contributed by atoms with Gasteiger partial charge in [0.1, 0.15) is 12.4 Å². The molecule has 1 aliphatic heterocycles. The van der Waals surface area contributed by atoms with E-state index in [1.807, 2.05) is 6.92 Å². The zero-order chi connectivity index (χ0) is 17.6. The highest BCUT2D eigenvalue weighted by Gasteiger charge is 2.30. The lowest BCUT2D eigenvalue weighted by Gasteiger charge is -2.30. The maximum Gasteiger partial charge on any atom is 0.250 e. The quantitative estimate of drug-likeness (QED) is 0.732. The number of amidine groups is 1. The van der Waals surface area contributed by atoms with Crippen molar-refractivity contribution in [2.24, 2.45) is 10.7 Å². The van der Waals surface area contributed by atoms with Crippen molar-refractivity contribution in [2.75, 3.05) is 38.0 Å². The molecule has 0 saturated carbocycles. The van der Waals surface area contributed by atoms with Crippen molar-refractivity contribution in [3.8, 4) is 0 Å². The van der Waals surface area contributed by atoms with Crippen LogP contribution in [0.3, 0.4) is 0 Å². The van der Waals surface area contributed by atoms with E-state index in [4.69, 9.17) is 15.2 Å². The van der Waals surface area contributed by atoms with Crippen LogP contribution in [0.5, 0.6) is 0 Å². The van der Waals surface area contributed by atoms with Crippen molar-refractivity contribution in [3.05, 3.63) is 29.6 Å². The van der Waals surface area contributed by atoms with Crippen molar-refractivity contribution < 1.29 is 18.7 Å². The van der Waals surface area contributed by atoms with Gasteiger partial charge < -0.3 is 20.5 Å². The third kappa shape index (κ3) is 4.93. The van der Waals surface area contributed by atoms with Crippen molar-refractivity contribution in [3.63, 3.8) is 0 Å². The maximum atomic E-state index is 14.0. The van der Waals surface area contributed by atoms with Crippen molar-refractivity contribution in [1.29, 1.82) is 0 Å². The lowest BCUT2D eigenvalue weighted by Crippen LogP contribution is -2.29. The minimum atomic E-state index is -0.516. The second-order valence-corrected chi connectivity index (χ2v) is 6.73. The summed E-state index contributed by atoms with van der Waals surface area (Å²) in [5.41, 5.74) is 6.22. The van der Waals surface area contributed by atoms with Gasteiger partial charge in [-0.15, -0.1) is 0 Å². The number of nitrogens with zero attached hydrogens (tertiary/aromatic N) is 1. The van der Waals surface area contributed by atoms with E-state index < -0.39 is 17.3 Å². The van der Waals surface area contributed by atoms with E-state index in [2.05, 4.69) is 10.3 Å². The number of ether oxygens (including phenoxy) is 2. The van der Waals surface area contributed by atoms with Gasteiger partial charge in [0.05, 0.1) is 24.4 Å².